The maximum Gasteiger partial charge on any atom is 0.101 e. The molecular formula is C11H9BrO. The van der Waals surface area contributed by atoms with Crippen molar-refractivity contribution in [3.63, 3.8) is 0 Å². The molecule has 0 fully saturated rings. The zero-order valence-corrected chi connectivity index (χ0v) is 8.84. The number of hydrogen-bond donors (Lipinski definition) is 0. The average Bonchev–Trinajstić information content (AvgIpc) is 2.53. The first kappa shape index (κ1) is 8.57. The van der Waals surface area contributed by atoms with Crippen molar-refractivity contribution in [3.05, 3.63) is 46.8 Å². The van der Waals surface area contributed by atoms with E-state index >= 15 is 0 Å². The molecule has 2 rings (SSSR count). The molecule has 1 aromatic heterocycles. The number of furan rings is 1. The van der Waals surface area contributed by atoms with E-state index in [1.54, 1.807) is 6.26 Å². The molecule has 66 valence electrons. The SMILES string of the molecule is Cc1cc(-c2ccccc2Br)co1. The van der Waals surface area contributed by atoms with Crippen molar-refractivity contribution >= 4 is 15.9 Å². The van der Waals surface area contributed by atoms with E-state index in [1.807, 2.05) is 31.2 Å². The minimum Gasteiger partial charge on any atom is -0.469 e. The molecule has 2 aromatic rings. The van der Waals surface area contributed by atoms with Crippen LogP contribution in [-0.4, -0.2) is 0 Å². The number of rotatable bonds is 1. The second kappa shape index (κ2) is 3.38. The maximum absolute atomic E-state index is 5.25. The third-order valence-corrected chi connectivity index (χ3v) is 2.61. The highest BCUT2D eigenvalue weighted by molar-refractivity contribution is 9.10. The predicted molar refractivity (Wildman–Crippen MR) is 56.6 cm³/mol. The molecule has 1 nitrogen and oxygen atoms in total. The van der Waals surface area contributed by atoms with E-state index in [0.29, 0.717) is 0 Å². The summed E-state index contributed by atoms with van der Waals surface area (Å²) in [5.41, 5.74) is 2.28. The molecule has 2 heteroatoms. The van der Waals surface area contributed by atoms with Crippen LogP contribution < -0.4 is 0 Å². The van der Waals surface area contributed by atoms with Crippen molar-refractivity contribution in [2.75, 3.05) is 0 Å². The van der Waals surface area contributed by atoms with Gasteiger partial charge in [-0.2, -0.15) is 0 Å². The van der Waals surface area contributed by atoms with Crippen molar-refractivity contribution in [2.45, 2.75) is 6.92 Å². The van der Waals surface area contributed by atoms with Crippen molar-refractivity contribution in [2.24, 2.45) is 0 Å². The summed E-state index contributed by atoms with van der Waals surface area (Å²) < 4.78 is 6.35. The van der Waals surface area contributed by atoms with Crippen LogP contribution in [0.15, 0.2) is 45.5 Å². The number of aryl methyl sites for hydroxylation is 1. The van der Waals surface area contributed by atoms with Crippen LogP contribution >= 0.6 is 15.9 Å². The molecule has 0 aliphatic carbocycles. The Bertz CT molecular complexity index is 418. The lowest BCUT2D eigenvalue weighted by Crippen LogP contribution is -1.74. The molecule has 0 spiro atoms. The van der Waals surface area contributed by atoms with Crippen molar-refractivity contribution in [3.8, 4) is 11.1 Å². The summed E-state index contributed by atoms with van der Waals surface area (Å²) in [6.07, 6.45) is 1.77. The van der Waals surface area contributed by atoms with Crippen molar-refractivity contribution in [1.29, 1.82) is 0 Å². The Kier molecular flexibility index (Phi) is 2.23. The Morgan fingerprint density at radius 2 is 2.00 bits per heavy atom. The Labute approximate surface area is 85.5 Å². The van der Waals surface area contributed by atoms with Gasteiger partial charge in [0.1, 0.15) is 5.76 Å². The fourth-order valence-corrected chi connectivity index (χ4v) is 1.79. The highest BCUT2D eigenvalue weighted by Gasteiger charge is 2.03. The fourth-order valence-electron chi connectivity index (χ4n) is 1.28. The molecule has 0 radical (unpaired) electrons. The van der Waals surface area contributed by atoms with Gasteiger partial charge >= 0.3 is 0 Å². The Balaban J connectivity index is 2.52. The first-order chi connectivity index (χ1) is 6.27. The van der Waals surface area contributed by atoms with E-state index in [2.05, 4.69) is 22.0 Å². The van der Waals surface area contributed by atoms with Gasteiger partial charge in [0, 0.05) is 10.0 Å². The van der Waals surface area contributed by atoms with Gasteiger partial charge in [-0.05, 0) is 24.6 Å². The lowest BCUT2D eigenvalue weighted by atomic mass is 10.1. The van der Waals surface area contributed by atoms with Crippen LogP contribution in [0, 0.1) is 6.92 Å². The normalized spacial score (nSPS) is 10.3. The fraction of sp³-hybridized carbons (Fsp3) is 0.0909. The van der Waals surface area contributed by atoms with E-state index in [4.69, 9.17) is 4.42 Å². The summed E-state index contributed by atoms with van der Waals surface area (Å²) >= 11 is 3.50. The van der Waals surface area contributed by atoms with Crippen LogP contribution in [0.5, 0.6) is 0 Å². The van der Waals surface area contributed by atoms with E-state index in [-0.39, 0.29) is 0 Å². The second-order valence-corrected chi connectivity index (χ2v) is 3.78. The van der Waals surface area contributed by atoms with Crippen LogP contribution in [0.3, 0.4) is 0 Å². The average molecular weight is 237 g/mol. The summed E-state index contributed by atoms with van der Waals surface area (Å²) in [5, 5.41) is 0. The summed E-state index contributed by atoms with van der Waals surface area (Å²) in [6, 6.07) is 10.1. The third-order valence-electron chi connectivity index (χ3n) is 1.92. The second-order valence-electron chi connectivity index (χ2n) is 2.93. The van der Waals surface area contributed by atoms with E-state index in [0.717, 1.165) is 15.8 Å². The van der Waals surface area contributed by atoms with E-state index in [1.165, 1.54) is 5.56 Å². The summed E-state index contributed by atoms with van der Waals surface area (Å²) in [4.78, 5) is 0. The largest absolute Gasteiger partial charge is 0.469 e. The van der Waals surface area contributed by atoms with Crippen LogP contribution in [0.25, 0.3) is 11.1 Å². The van der Waals surface area contributed by atoms with Gasteiger partial charge in [-0.1, -0.05) is 34.1 Å². The quantitative estimate of drug-likeness (QED) is 0.730. The number of benzene rings is 1. The predicted octanol–water partition coefficient (Wildman–Crippen LogP) is 4.02. The molecule has 0 aliphatic rings. The van der Waals surface area contributed by atoms with Crippen LogP contribution in [-0.2, 0) is 0 Å². The van der Waals surface area contributed by atoms with Crippen molar-refractivity contribution in [1.82, 2.24) is 0 Å². The van der Waals surface area contributed by atoms with Gasteiger partial charge in [-0.3, -0.25) is 0 Å². The van der Waals surface area contributed by atoms with Gasteiger partial charge in [0.25, 0.3) is 0 Å². The van der Waals surface area contributed by atoms with E-state index in [9.17, 15) is 0 Å². The maximum atomic E-state index is 5.25. The molecule has 1 heterocycles. The van der Waals surface area contributed by atoms with Gasteiger partial charge in [-0.25, -0.2) is 0 Å². The molecular weight excluding hydrogens is 228 g/mol. The van der Waals surface area contributed by atoms with Crippen LogP contribution in [0.1, 0.15) is 5.76 Å². The summed E-state index contributed by atoms with van der Waals surface area (Å²) in [7, 11) is 0. The lowest BCUT2D eigenvalue weighted by Gasteiger charge is -1.98. The molecule has 0 N–H and O–H groups in total. The van der Waals surface area contributed by atoms with Gasteiger partial charge < -0.3 is 4.42 Å². The van der Waals surface area contributed by atoms with Crippen LogP contribution in [0.4, 0.5) is 0 Å². The highest BCUT2D eigenvalue weighted by atomic mass is 79.9. The summed E-state index contributed by atoms with van der Waals surface area (Å²) in [5.74, 6) is 0.936. The number of hydrogen-bond acceptors (Lipinski definition) is 1. The Morgan fingerprint density at radius 1 is 1.23 bits per heavy atom. The zero-order valence-electron chi connectivity index (χ0n) is 7.25. The van der Waals surface area contributed by atoms with Gasteiger partial charge in [0.05, 0.1) is 6.26 Å². The molecule has 1 aromatic carbocycles. The molecule has 0 saturated heterocycles. The van der Waals surface area contributed by atoms with Gasteiger partial charge in [0.2, 0.25) is 0 Å². The molecule has 0 bridgehead atoms. The molecule has 13 heavy (non-hydrogen) atoms. The Hall–Kier alpha value is -1.02. The topological polar surface area (TPSA) is 13.1 Å². The summed E-state index contributed by atoms with van der Waals surface area (Å²) in [6.45, 7) is 1.94. The molecule has 0 amide bonds. The third kappa shape index (κ3) is 1.68. The molecule has 0 saturated carbocycles. The van der Waals surface area contributed by atoms with Crippen molar-refractivity contribution < 1.29 is 4.42 Å². The first-order valence-corrected chi connectivity index (χ1v) is 4.87. The van der Waals surface area contributed by atoms with Gasteiger partial charge in [-0.15, -0.1) is 0 Å². The Morgan fingerprint density at radius 3 is 2.62 bits per heavy atom. The highest BCUT2D eigenvalue weighted by Crippen LogP contribution is 2.28. The molecule has 0 atom stereocenters. The smallest absolute Gasteiger partial charge is 0.101 e. The van der Waals surface area contributed by atoms with Crippen LogP contribution in [0.2, 0.25) is 0 Å². The van der Waals surface area contributed by atoms with E-state index < -0.39 is 0 Å². The minimum absolute atomic E-state index is 0.936. The minimum atomic E-state index is 0.936. The van der Waals surface area contributed by atoms with Gasteiger partial charge in [0.15, 0.2) is 0 Å². The standard InChI is InChI=1S/C11H9BrO/c1-8-6-9(7-13-8)10-4-2-3-5-11(10)12/h2-7H,1H3. The number of halogens is 1. The first-order valence-electron chi connectivity index (χ1n) is 4.07. The molecule has 0 unspecified atom stereocenters. The lowest BCUT2D eigenvalue weighted by molar-refractivity contribution is 0.535. The molecule has 0 aliphatic heterocycles. The monoisotopic (exact) mass is 236 g/mol. The zero-order chi connectivity index (χ0) is 9.26.